The Bertz CT molecular complexity index is 1050. The molecule has 0 N–H and O–H groups in total. The SMILES string of the molecule is O=C(Cl)c1cccc2cc(-c3cccc4cnccc34)ccc12. The lowest BCUT2D eigenvalue weighted by Crippen LogP contribution is -1.91. The molecule has 0 bridgehead atoms. The van der Waals surface area contributed by atoms with Gasteiger partial charge in [0.05, 0.1) is 0 Å². The lowest BCUT2D eigenvalue weighted by Gasteiger charge is -2.09. The molecule has 0 unspecified atom stereocenters. The Labute approximate surface area is 138 Å². The highest BCUT2D eigenvalue weighted by Gasteiger charge is 2.09. The maximum atomic E-state index is 11.5. The fourth-order valence-corrected chi connectivity index (χ4v) is 3.16. The number of pyridine rings is 1. The van der Waals surface area contributed by atoms with E-state index in [2.05, 4.69) is 23.2 Å². The van der Waals surface area contributed by atoms with Crippen molar-refractivity contribution in [2.45, 2.75) is 0 Å². The average Bonchev–Trinajstić information content (AvgIpc) is 2.60. The van der Waals surface area contributed by atoms with Crippen LogP contribution >= 0.6 is 11.6 Å². The first-order valence-corrected chi connectivity index (χ1v) is 7.67. The standard InChI is InChI=1S/C20H12ClNO/c21-20(23)19-6-1-3-13-11-14(7-8-17(13)19)16-5-2-4-15-12-22-10-9-18(15)16/h1-12H. The summed E-state index contributed by atoms with van der Waals surface area (Å²) < 4.78 is 0. The fourth-order valence-electron chi connectivity index (χ4n) is 3.00. The summed E-state index contributed by atoms with van der Waals surface area (Å²) in [6.45, 7) is 0. The van der Waals surface area contributed by atoms with Crippen LogP contribution in [0, 0.1) is 0 Å². The van der Waals surface area contributed by atoms with Crippen LogP contribution in [0.5, 0.6) is 0 Å². The van der Waals surface area contributed by atoms with Crippen molar-refractivity contribution < 1.29 is 4.79 Å². The number of hydrogen-bond donors (Lipinski definition) is 0. The highest BCUT2D eigenvalue weighted by Crippen LogP contribution is 2.31. The van der Waals surface area contributed by atoms with Gasteiger partial charge in [0.25, 0.3) is 5.24 Å². The molecule has 4 rings (SSSR count). The average molecular weight is 318 g/mol. The Morgan fingerprint density at radius 3 is 2.57 bits per heavy atom. The van der Waals surface area contributed by atoms with E-state index in [4.69, 9.17) is 11.6 Å². The van der Waals surface area contributed by atoms with Crippen LogP contribution in [-0.4, -0.2) is 10.2 Å². The zero-order valence-electron chi connectivity index (χ0n) is 12.2. The zero-order valence-corrected chi connectivity index (χ0v) is 12.9. The van der Waals surface area contributed by atoms with Crippen molar-refractivity contribution in [2.75, 3.05) is 0 Å². The van der Waals surface area contributed by atoms with E-state index in [1.54, 1.807) is 12.3 Å². The van der Waals surface area contributed by atoms with Crippen molar-refractivity contribution in [1.29, 1.82) is 0 Å². The summed E-state index contributed by atoms with van der Waals surface area (Å²) in [6.07, 6.45) is 3.67. The van der Waals surface area contributed by atoms with Crippen LogP contribution in [0.4, 0.5) is 0 Å². The van der Waals surface area contributed by atoms with E-state index in [9.17, 15) is 4.79 Å². The molecule has 110 valence electrons. The molecule has 0 radical (unpaired) electrons. The van der Waals surface area contributed by atoms with Crippen molar-refractivity contribution in [3.63, 3.8) is 0 Å². The van der Waals surface area contributed by atoms with Gasteiger partial charge in [-0.25, -0.2) is 0 Å². The van der Waals surface area contributed by atoms with E-state index in [-0.39, 0.29) is 0 Å². The molecule has 1 aromatic heterocycles. The van der Waals surface area contributed by atoms with Crippen molar-refractivity contribution in [2.24, 2.45) is 0 Å². The number of hydrogen-bond acceptors (Lipinski definition) is 2. The monoisotopic (exact) mass is 317 g/mol. The quantitative estimate of drug-likeness (QED) is 0.461. The van der Waals surface area contributed by atoms with Gasteiger partial charge in [0.15, 0.2) is 0 Å². The Morgan fingerprint density at radius 2 is 1.70 bits per heavy atom. The summed E-state index contributed by atoms with van der Waals surface area (Å²) in [5, 5.41) is 3.71. The summed E-state index contributed by atoms with van der Waals surface area (Å²) in [7, 11) is 0. The van der Waals surface area contributed by atoms with Crippen LogP contribution in [0.1, 0.15) is 10.4 Å². The second kappa shape index (κ2) is 5.49. The van der Waals surface area contributed by atoms with Gasteiger partial charge in [-0.05, 0) is 57.1 Å². The second-order valence-electron chi connectivity index (χ2n) is 5.42. The number of fused-ring (bicyclic) bond motifs is 2. The van der Waals surface area contributed by atoms with E-state index in [0.29, 0.717) is 5.56 Å². The molecule has 3 aromatic carbocycles. The molecular formula is C20H12ClNO. The lowest BCUT2D eigenvalue weighted by molar-refractivity contribution is 0.108. The zero-order chi connectivity index (χ0) is 15.8. The van der Waals surface area contributed by atoms with Crippen LogP contribution in [0.3, 0.4) is 0 Å². The third-order valence-corrected chi connectivity index (χ3v) is 4.29. The van der Waals surface area contributed by atoms with Gasteiger partial charge in [-0.1, -0.05) is 42.5 Å². The molecule has 1 heterocycles. The molecule has 4 aromatic rings. The van der Waals surface area contributed by atoms with E-state index in [1.165, 1.54) is 0 Å². The maximum absolute atomic E-state index is 11.5. The van der Waals surface area contributed by atoms with E-state index >= 15 is 0 Å². The highest BCUT2D eigenvalue weighted by atomic mass is 35.5. The number of carbonyl (C=O) groups is 1. The molecule has 0 aliphatic heterocycles. The summed E-state index contributed by atoms with van der Waals surface area (Å²) in [5.74, 6) is 0. The van der Waals surface area contributed by atoms with Crippen LogP contribution < -0.4 is 0 Å². The topological polar surface area (TPSA) is 30.0 Å². The maximum Gasteiger partial charge on any atom is 0.253 e. The predicted molar refractivity (Wildman–Crippen MR) is 94.9 cm³/mol. The number of rotatable bonds is 2. The number of aromatic nitrogens is 1. The molecule has 0 atom stereocenters. The Balaban J connectivity index is 1.97. The number of halogens is 1. The highest BCUT2D eigenvalue weighted by molar-refractivity contribution is 6.68. The third-order valence-electron chi connectivity index (χ3n) is 4.08. The molecule has 0 amide bonds. The molecule has 0 saturated heterocycles. The molecule has 0 saturated carbocycles. The van der Waals surface area contributed by atoms with E-state index in [0.717, 1.165) is 32.7 Å². The van der Waals surface area contributed by atoms with Crippen molar-refractivity contribution in [1.82, 2.24) is 4.98 Å². The molecule has 2 nitrogen and oxygen atoms in total. The number of benzene rings is 3. The van der Waals surface area contributed by atoms with Crippen molar-refractivity contribution >= 4 is 38.4 Å². The van der Waals surface area contributed by atoms with Crippen molar-refractivity contribution in [3.8, 4) is 11.1 Å². The molecule has 0 aliphatic carbocycles. The summed E-state index contributed by atoms with van der Waals surface area (Å²) in [5.41, 5.74) is 2.79. The minimum atomic E-state index is -0.431. The first-order valence-electron chi connectivity index (χ1n) is 7.30. The summed E-state index contributed by atoms with van der Waals surface area (Å²) in [4.78, 5) is 15.7. The number of carbonyl (C=O) groups excluding carboxylic acids is 1. The van der Waals surface area contributed by atoms with Gasteiger partial charge in [-0.3, -0.25) is 9.78 Å². The lowest BCUT2D eigenvalue weighted by atomic mass is 9.96. The van der Waals surface area contributed by atoms with E-state index in [1.807, 2.05) is 42.6 Å². The van der Waals surface area contributed by atoms with Gasteiger partial charge in [0.1, 0.15) is 0 Å². The Hall–Kier alpha value is -2.71. The smallest absolute Gasteiger partial charge is 0.253 e. The molecule has 23 heavy (non-hydrogen) atoms. The van der Waals surface area contributed by atoms with Gasteiger partial charge in [-0.15, -0.1) is 0 Å². The molecule has 0 fully saturated rings. The van der Waals surface area contributed by atoms with Gasteiger partial charge in [-0.2, -0.15) is 0 Å². The van der Waals surface area contributed by atoms with Crippen LogP contribution in [0.2, 0.25) is 0 Å². The predicted octanol–water partition coefficient (Wildman–Crippen LogP) is 5.43. The van der Waals surface area contributed by atoms with Gasteiger partial charge in [0, 0.05) is 23.3 Å². The summed E-state index contributed by atoms with van der Waals surface area (Å²) in [6, 6.07) is 19.9. The molecule has 0 spiro atoms. The molecule has 0 aliphatic rings. The first kappa shape index (κ1) is 13.9. The van der Waals surface area contributed by atoms with E-state index < -0.39 is 5.24 Å². The second-order valence-corrected chi connectivity index (χ2v) is 5.76. The minimum absolute atomic E-state index is 0.431. The van der Waals surface area contributed by atoms with Crippen LogP contribution in [0.25, 0.3) is 32.7 Å². The Kier molecular flexibility index (Phi) is 3.32. The molecule has 3 heteroatoms. The van der Waals surface area contributed by atoms with Crippen LogP contribution in [-0.2, 0) is 0 Å². The third kappa shape index (κ3) is 2.37. The van der Waals surface area contributed by atoms with Crippen LogP contribution in [0.15, 0.2) is 73.1 Å². The molecular weight excluding hydrogens is 306 g/mol. The summed E-state index contributed by atoms with van der Waals surface area (Å²) >= 11 is 5.67. The normalized spacial score (nSPS) is 11.0. The van der Waals surface area contributed by atoms with Gasteiger partial charge in [0.2, 0.25) is 0 Å². The fraction of sp³-hybridized carbons (Fsp3) is 0. The first-order chi connectivity index (χ1) is 11.2. The minimum Gasteiger partial charge on any atom is -0.276 e. The van der Waals surface area contributed by atoms with Gasteiger partial charge >= 0.3 is 0 Å². The van der Waals surface area contributed by atoms with Crippen molar-refractivity contribution in [3.05, 3.63) is 78.6 Å². The Morgan fingerprint density at radius 1 is 0.870 bits per heavy atom. The number of nitrogens with zero attached hydrogens (tertiary/aromatic N) is 1. The largest absolute Gasteiger partial charge is 0.276 e. The van der Waals surface area contributed by atoms with Gasteiger partial charge < -0.3 is 0 Å².